The first-order valence-electron chi connectivity index (χ1n) is 9.83. The number of imidazole rings is 1. The van der Waals surface area contributed by atoms with Crippen LogP contribution in [0.1, 0.15) is 18.3 Å². The van der Waals surface area contributed by atoms with Crippen LogP contribution in [0.15, 0.2) is 45.9 Å². The Balaban J connectivity index is 1.58. The maximum Gasteiger partial charge on any atom is 0.345 e. The predicted octanol–water partition coefficient (Wildman–Crippen LogP) is 2.47. The minimum absolute atomic E-state index is 0.397. The van der Waals surface area contributed by atoms with E-state index in [2.05, 4.69) is 15.3 Å². The van der Waals surface area contributed by atoms with Gasteiger partial charge in [-0.25, -0.2) is 9.78 Å². The molecule has 0 fully saturated rings. The van der Waals surface area contributed by atoms with Gasteiger partial charge in [0.2, 0.25) is 0 Å². The highest BCUT2D eigenvalue weighted by Gasteiger charge is 2.14. The van der Waals surface area contributed by atoms with Gasteiger partial charge in [-0.05, 0) is 39.0 Å². The number of hydrogen-bond acceptors (Lipinski definition) is 7. The molecule has 0 amide bonds. The van der Waals surface area contributed by atoms with Crippen LogP contribution in [-0.4, -0.2) is 45.3 Å². The molecule has 8 heteroatoms. The minimum Gasteiger partial charge on any atom is -0.492 e. The molecule has 3 heterocycles. The molecule has 2 N–H and O–H groups in total. The van der Waals surface area contributed by atoms with Crippen molar-refractivity contribution in [2.75, 3.05) is 19.7 Å². The summed E-state index contributed by atoms with van der Waals surface area (Å²) in [7, 11) is 0. The van der Waals surface area contributed by atoms with E-state index in [1.54, 1.807) is 19.1 Å². The topological polar surface area (TPSA) is 102 Å². The van der Waals surface area contributed by atoms with Gasteiger partial charge in [-0.1, -0.05) is 0 Å². The van der Waals surface area contributed by atoms with E-state index in [1.165, 1.54) is 0 Å². The lowest BCUT2D eigenvalue weighted by Crippen LogP contribution is -2.28. The van der Waals surface area contributed by atoms with Crippen LogP contribution in [0.5, 0.6) is 5.75 Å². The molecule has 1 atom stereocenters. The quantitative estimate of drug-likeness (QED) is 0.358. The van der Waals surface area contributed by atoms with Crippen LogP contribution in [-0.2, 0) is 0 Å². The summed E-state index contributed by atoms with van der Waals surface area (Å²) in [6.07, 6.45) is 3.29. The highest BCUT2D eigenvalue weighted by molar-refractivity contribution is 5.82. The third kappa shape index (κ3) is 4.19. The molecule has 30 heavy (non-hydrogen) atoms. The zero-order valence-corrected chi connectivity index (χ0v) is 17.2. The summed E-state index contributed by atoms with van der Waals surface area (Å²) in [6, 6.07) is 7.18. The van der Waals surface area contributed by atoms with Gasteiger partial charge in [0.25, 0.3) is 0 Å². The van der Waals surface area contributed by atoms with Crippen molar-refractivity contribution in [2.24, 2.45) is 0 Å². The van der Waals surface area contributed by atoms with Crippen molar-refractivity contribution in [2.45, 2.75) is 26.9 Å². The van der Waals surface area contributed by atoms with Crippen molar-refractivity contribution in [3.05, 3.63) is 58.5 Å². The first-order chi connectivity index (χ1) is 14.4. The number of aliphatic hydroxyl groups excluding tert-OH is 1. The van der Waals surface area contributed by atoms with E-state index in [-0.39, 0.29) is 0 Å². The maximum atomic E-state index is 12.6. The van der Waals surface area contributed by atoms with Crippen molar-refractivity contribution < 1.29 is 14.3 Å². The number of fused-ring (bicyclic) bond motifs is 2. The molecule has 4 aromatic rings. The number of aliphatic hydroxyl groups is 1. The van der Waals surface area contributed by atoms with E-state index in [9.17, 15) is 9.90 Å². The molecular weight excluding hydrogens is 384 g/mol. The second-order valence-electron chi connectivity index (χ2n) is 7.37. The Bertz CT molecular complexity index is 1260. The van der Waals surface area contributed by atoms with Gasteiger partial charge in [-0.3, -0.25) is 4.98 Å². The van der Waals surface area contributed by atoms with Gasteiger partial charge in [0.15, 0.2) is 5.65 Å². The van der Waals surface area contributed by atoms with Crippen molar-refractivity contribution >= 4 is 16.6 Å². The Morgan fingerprint density at radius 2 is 2.07 bits per heavy atom. The van der Waals surface area contributed by atoms with E-state index in [0.29, 0.717) is 47.9 Å². The molecule has 8 nitrogen and oxygen atoms in total. The molecular formula is C22H24N4O4. The van der Waals surface area contributed by atoms with Crippen LogP contribution in [0.3, 0.4) is 0 Å². The summed E-state index contributed by atoms with van der Waals surface area (Å²) in [4.78, 5) is 21.6. The molecule has 0 saturated heterocycles. The van der Waals surface area contributed by atoms with Gasteiger partial charge in [0.05, 0.1) is 28.7 Å². The predicted molar refractivity (Wildman–Crippen MR) is 114 cm³/mol. The normalized spacial score (nSPS) is 12.5. The average molecular weight is 408 g/mol. The Kier molecular flexibility index (Phi) is 5.52. The van der Waals surface area contributed by atoms with Gasteiger partial charge in [-0.2, -0.15) is 0 Å². The molecule has 0 aliphatic carbocycles. The summed E-state index contributed by atoms with van der Waals surface area (Å²) >= 11 is 0. The summed E-state index contributed by atoms with van der Waals surface area (Å²) in [5, 5.41) is 13.1. The van der Waals surface area contributed by atoms with Crippen molar-refractivity contribution in [3.63, 3.8) is 0 Å². The van der Waals surface area contributed by atoms with E-state index in [0.717, 1.165) is 16.8 Å². The second kappa shape index (κ2) is 8.25. The second-order valence-corrected chi connectivity index (χ2v) is 7.37. The van der Waals surface area contributed by atoms with Crippen LogP contribution < -0.4 is 15.7 Å². The Morgan fingerprint density at radius 1 is 1.23 bits per heavy atom. The molecule has 0 saturated carbocycles. The van der Waals surface area contributed by atoms with Gasteiger partial charge in [-0.15, -0.1) is 0 Å². The summed E-state index contributed by atoms with van der Waals surface area (Å²) < 4.78 is 13.1. The van der Waals surface area contributed by atoms with Crippen molar-refractivity contribution in [3.8, 4) is 17.0 Å². The summed E-state index contributed by atoms with van der Waals surface area (Å²) in [5.74, 6) is 0.613. The lowest BCUT2D eigenvalue weighted by atomic mass is 10.1. The lowest BCUT2D eigenvalue weighted by Gasteiger charge is -2.09. The molecule has 0 radical (unpaired) electrons. The number of ether oxygens (including phenoxy) is 1. The number of benzene rings is 1. The standard InChI is InChI=1S/C22H24N4O4/c1-13-11-26-12-19(25-21(26)15(3)24-13)18-8-16-4-5-17(9-20(16)30-22(18)28)29-7-6-23-10-14(2)27/h4-5,8-9,11-12,14,23,27H,6-7,10H2,1-3H3. The molecule has 1 unspecified atom stereocenters. The highest BCUT2D eigenvalue weighted by Crippen LogP contribution is 2.25. The first kappa shape index (κ1) is 20.1. The van der Waals surface area contributed by atoms with Crippen LogP contribution >= 0.6 is 0 Å². The SMILES string of the molecule is Cc1cn2cc(-c3cc4ccc(OCCNCC(C)O)cc4oc3=O)nc2c(C)n1. The number of nitrogens with one attached hydrogen (secondary N) is 1. The minimum atomic E-state index is -0.455. The van der Waals surface area contributed by atoms with Crippen LogP contribution in [0.4, 0.5) is 0 Å². The molecule has 156 valence electrons. The molecule has 0 aliphatic heterocycles. The number of hydrogen-bond donors (Lipinski definition) is 2. The van der Waals surface area contributed by atoms with Crippen molar-refractivity contribution in [1.82, 2.24) is 19.7 Å². The van der Waals surface area contributed by atoms with Crippen LogP contribution in [0.2, 0.25) is 0 Å². The smallest absolute Gasteiger partial charge is 0.345 e. The Hall–Kier alpha value is -3.23. The fourth-order valence-electron chi connectivity index (χ4n) is 3.35. The molecule has 3 aromatic heterocycles. The van der Waals surface area contributed by atoms with Gasteiger partial charge >= 0.3 is 5.63 Å². The third-order valence-corrected chi connectivity index (χ3v) is 4.70. The number of rotatable bonds is 7. The number of aromatic nitrogens is 3. The fraction of sp³-hybridized carbons (Fsp3) is 0.318. The van der Waals surface area contributed by atoms with Crippen LogP contribution in [0.25, 0.3) is 27.9 Å². The van der Waals surface area contributed by atoms with Crippen LogP contribution in [0, 0.1) is 13.8 Å². The fourth-order valence-corrected chi connectivity index (χ4v) is 3.35. The molecule has 0 spiro atoms. The summed E-state index contributed by atoms with van der Waals surface area (Å²) in [6.45, 7) is 7.08. The molecule has 0 bridgehead atoms. The van der Waals surface area contributed by atoms with E-state index in [4.69, 9.17) is 9.15 Å². The Morgan fingerprint density at radius 3 is 2.87 bits per heavy atom. The monoisotopic (exact) mass is 408 g/mol. The van der Waals surface area contributed by atoms with Crippen molar-refractivity contribution in [1.29, 1.82) is 0 Å². The lowest BCUT2D eigenvalue weighted by molar-refractivity contribution is 0.188. The number of aryl methyl sites for hydroxylation is 2. The molecule has 1 aromatic carbocycles. The van der Waals surface area contributed by atoms with Gasteiger partial charge in [0, 0.05) is 36.9 Å². The van der Waals surface area contributed by atoms with Gasteiger partial charge in [0.1, 0.15) is 17.9 Å². The van der Waals surface area contributed by atoms with Gasteiger partial charge < -0.3 is 24.0 Å². The number of nitrogens with zero attached hydrogens (tertiary/aromatic N) is 3. The Labute approximate surface area is 173 Å². The average Bonchev–Trinajstić information content (AvgIpc) is 3.11. The summed E-state index contributed by atoms with van der Waals surface area (Å²) in [5.41, 5.74) is 3.34. The third-order valence-electron chi connectivity index (χ3n) is 4.70. The van der Waals surface area contributed by atoms with E-state index < -0.39 is 11.7 Å². The molecule has 4 rings (SSSR count). The largest absolute Gasteiger partial charge is 0.492 e. The van der Waals surface area contributed by atoms with E-state index >= 15 is 0 Å². The van der Waals surface area contributed by atoms with E-state index in [1.807, 2.05) is 42.8 Å². The molecule has 0 aliphatic rings. The zero-order valence-electron chi connectivity index (χ0n) is 17.2. The zero-order chi connectivity index (χ0) is 21.3. The first-order valence-corrected chi connectivity index (χ1v) is 9.83. The maximum absolute atomic E-state index is 12.6. The highest BCUT2D eigenvalue weighted by atomic mass is 16.5.